The van der Waals surface area contributed by atoms with E-state index in [1.165, 1.54) is 19.2 Å². The van der Waals surface area contributed by atoms with Gasteiger partial charge in [-0.05, 0) is 50.8 Å². The summed E-state index contributed by atoms with van der Waals surface area (Å²) in [5.41, 5.74) is 4.75. The number of hydrogen-bond donors (Lipinski definition) is 3. The molecule has 2 heterocycles. The zero-order valence-electron chi connectivity index (χ0n) is 20.9. The Balaban J connectivity index is 1.45. The van der Waals surface area contributed by atoms with E-state index in [1.54, 1.807) is 30.3 Å². The molecular weight excluding hydrogens is 538 g/mol. The maximum Gasteiger partial charge on any atom is 0.459 e. The van der Waals surface area contributed by atoms with Crippen LogP contribution in [0.15, 0.2) is 47.4 Å². The second kappa shape index (κ2) is 12.6. The molecule has 0 radical (unpaired) electrons. The summed E-state index contributed by atoms with van der Waals surface area (Å²) >= 11 is 0.932. The number of thioether (sulfide) groups is 1. The molecule has 11 nitrogen and oxygen atoms in total. The van der Waals surface area contributed by atoms with E-state index in [2.05, 4.69) is 10.1 Å². The fraction of sp³-hybridized carbons (Fsp3) is 0.542. The van der Waals surface area contributed by atoms with Crippen LogP contribution in [0.5, 0.6) is 5.75 Å². The molecule has 14 heteroatoms. The van der Waals surface area contributed by atoms with Gasteiger partial charge in [0.15, 0.2) is 6.17 Å². The second-order valence-corrected chi connectivity index (χ2v) is 12.3. The number of aliphatic hydroxyl groups is 1. The summed E-state index contributed by atoms with van der Waals surface area (Å²) in [6, 6.07) is 8.54. The van der Waals surface area contributed by atoms with Crippen molar-refractivity contribution in [2.75, 3.05) is 12.3 Å². The van der Waals surface area contributed by atoms with Crippen molar-refractivity contribution in [1.29, 1.82) is 0 Å². The first kappa shape index (κ1) is 28.6. The van der Waals surface area contributed by atoms with E-state index in [9.17, 15) is 23.7 Å². The number of nitrogens with two attached hydrogens (primary N) is 1. The van der Waals surface area contributed by atoms with Crippen molar-refractivity contribution in [2.24, 2.45) is 0 Å². The lowest BCUT2D eigenvalue weighted by Gasteiger charge is -2.26. The molecule has 2 aromatic rings. The number of halogens is 1. The van der Waals surface area contributed by atoms with Crippen LogP contribution < -0.4 is 21.0 Å². The van der Waals surface area contributed by atoms with Gasteiger partial charge in [0.25, 0.3) is 0 Å². The van der Waals surface area contributed by atoms with Crippen LogP contribution in [0.4, 0.5) is 10.2 Å². The van der Waals surface area contributed by atoms with Gasteiger partial charge in [-0.1, -0.05) is 24.6 Å². The number of ether oxygens (including phenoxy) is 1. The number of esters is 1. The zero-order chi connectivity index (χ0) is 27.3. The van der Waals surface area contributed by atoms with Crippen molar-refractivity contribution in [2.45, 2.75) is 74.1 Å². The summed E-state index contributed by atoms with van der Waals surface area (Å²) in [5.74, 6) is -0.380. The first-order valence-electron chi connectivity index (χ1n) is 12.4. The minimum Gasteiger partial charge on any atom is -0.461 e. The molecule has 2 aliphatic rings. The number of nitrogens with zero attached hydrogens (tertiary/aromatic N) is 2. The van der Waals surface area contributed by atoms with E-state index in [-0.39, 0.29) is 17.7 Å². The molecule has 4 N–H and O–H groups in total. The molecule has 38 heavy (non-hydrogen) atoms. The van der Waals surface area contributed by atoms with E-state index in [0.29, 0.717) is 0 Å². The van der Waals surface area contributed by atoms with Crippen LogP contribution in [-0.2, 0) is 18.6 Å². The molecule has 1 aliphatic carbocycles. The normalized spacial score (nSPS) is 26.4. The number of nitrogens with one attached hydrogen (secondary N) is 1. The lowest BCUT2D eigenvalue weighted by molar-refractivity contribution is -0.152. The van der Waals surface area contributed by atoms with Gasteiger partial charge in [0.05, 0.1) is 11.9 Å². The van der Waals surface area contributed by atoms with Crippen molar-refractivity contribution in [3.8, 4) is 5.75 Å². The summed E-state index contributed by atoms with van der Waals surface area (Å²) in [4.78, 5) is 28.5. The third kappa shape index (κ3) is 7.15. The first-order valence-corrected chi connectivity index (χ1v) is 14.9. The molecule has 6 atom stereocenters. The number of nitrogen functional groups attached to an aromatic ring is 1. The third-order valence-electron chi connectivity index (χ3n) is 6.34. The molecule has 1 aromatic carbocycles. The average Bonchev–Trinajstić information content (AvgIpc) is 3.17. The van der Waals surface area contributed by atoms with Crippen molar-refractivity contribution in [3.63, 3.8) is 0 Å². The van der Waals surface area contributed by atoms with Crippen molar-refractivity contribution in [1.82, 2.24) is 14.6 Å². The lowest BCUT2D eigenvalue weighted by atomic mass is 9.98. The van der Waals surface area contributed by atoms with Crippen molar-refractivity contribution >= 4 is 31.3 Å². The van der Waals surface area contributed by atoms with Crippen LogP contribution in [0.1, 0.15) is 44.4 Å². The van der Waals surface area contributed by atoms with Crippen LogP contribution >= 0.6 is 19.5 Å². The van der Waals surface area contributed by atoms with Crippen LogP contribution in [-0.4, -0.2) is 56.9 Å². The summed E-state index contributed by atoms with van der Waals surface area (Å²) in [7, 11) is -4.21. The maximum absolute atomic E-state index is 15.0. The quantitative estimate of drug-likeness (QED) is 0.285. The minimum atomic E-state index is -4.21. The molecule has 2 unspecified atom stereocenters. The number of carbonyl (C=O) groups excluding carboxylic acids is 1. The molecular formula is C24H32FN4O7PS. The smallest absolute Gasteiger partial charge is 0.459 e. The lowest BCUT2D eigenvalue weighted by Crippen LogP contribution is -2.38. The Morgan fingerprint density at radius 2 is 2.00 bits per heavy atom. The predicted molar refractivity (Wildman–Crippen MR) is 140 cm³/mol. The summed E-state index contributed by atoms with van der Waals surface area (Å²) in [6.45, 7) is 1.09. The van der Waals surface area contributed by atoms with E-state index in [4.69, 9.17) is 19.5 Å². The van der Waals surface area contributed by atoms with E-state index >= 15 is 0 Å². The highest BCUT2D eigenvalue weighted by Gasteiger charge is 2.46. The minimum absolute atomic E-state index is 0.00806. The van der Waals surface area contributed by atoms with Crippen molar-refractivity contribution in [3.05, 3.63) is 53.1 Å². The Kier molecular flexibility index (Phi) is 9.48. The van der Waals surface area contributed by atoms with Gasteiger partial charge in [-0.25, -0.2) is 13.8 Å². The fourth-order valence-electron chi connectivity index (χ4n) is 4.31. The SMILES string of the molecule is C[C@H](NP(=O)(OCC1S[C@@H](n2ccc(N)nc2=O)[C@@H](F)[C@@H]1O)Oc1ccccc1)C(=O)OC1CCCCC1. The molecule has 1 aliphatic heterocycles. The Bertz CT molecular complexity index is 1200. The molecule has 1 aromatic heterocycles. The highest BCUT2D eigenvalue weighted by atomic mass is 32.2. The summed E-state index contributed by atoms with van der Waals surface area (Å²) in [5, 5.41) is 11.1. The number of rotatable bonds is 10. The van der Waals surface area contributed by atoms with Crippen molar-refractivity contribution < 1.29 is 32.6 Å². The van der Waals surface area contributed by atoms with E-state index in [0.717, 1.165) is 48.4 Å². The first-order chi connectivity index (χ1) is 18.1. The largest absolute Gasteiger partial charge is 0.461 e. The number of aliphatic hydroxyl groups excluding tert-OH is 1. The van der Waals surface area contributed by atoms with Gasteiger partial charge in [-0.2, -0.15) is 10.1 Å². The zero-order valence-corrected chi connectivity index (χ0v) is 22.6. The van der Waals surface area contributed by atoms with Gasteiger partial charge < -0.3 is 20.1 Å². The molecule has 1 saturated heterocycles. The fourth-order valence-corrected chi connectivity index (χ4v) is 7.34. The number of anilines is 1. The molecule has 0 bridgehead atoms. The maximum atomic E-state index is 15.0. The monoisotopic (exact) mass is 570 g/mol. The van der Waals surface area contributed by atoms with Crippen LogP contribution in [0.2, 0.25) is 0 Å². The highest BCUT2D eigenvalue weighted by Crippen LogP contribution is 2.49. The van der Waals surface area contributed by atoms with Gasteiger partial charge >= 0.3 is 19.4 Å². The summed E-state index contributed by atoms with van der Waals surface area (Å²) < 4.78 is 46.6. The number of aromatic nitrogens is 2. The number of para-hydroxylation sites is 1. The predicted octanol–water partition coefficient (Wildman–Crippen LogP) is 3.20. The molecule has 2 fully saturated rings. The van der Waals surface area contributed by atoms with Gasteiger partial charge in [0, 0.05) is 6.20 Å². The third-order valence-corrected chi connectivity index (χ3v) is 9.51. The second-order valence-electron chi connectivity index (χ2n) is 9.29. The Hall–Kier alpha value is -2.44. The van der Waals surface area contributed by atoms with Gasteiger partial charge in [-0.15, -0.1) is 11.8 Å². The molecule has 0 spiro atoms. The summed E-state index contributed by atoms with van der Waals surface area (Å²) in [6.07, 6.45) is 2.37. The molecule has 208 valence electrons. The Morgan fingerprint density at radius 1 is 1.29 bits per heavy atom. The average molecular weight is 571 g/mol. The van der Waals surface area contributed by atoms with Crippen LogP contribution in [0.3, 0.4) is 0 Å². The molecule has 4 rings (SSSR count). The van der Waals surface area contributed by atoms with Gasteiger partial charge in [0.1, 0.15) is 35.2 Å². The molecule has 1 saturated carbocycles. The number of carbonyl (C=O) groups is 1. The van der Waals surface area contributed by atoms with Crippen LogP contribution in [0.25, 0.3) is 0 Å². The number of hydrogen-bond acceptors (Lipinski definition) is 10. The van der Waals surface area contributed by atoms with Gasteiger partial charge in [0.2, 0.25) is 0 Å². The van der Waals surface area contributed by atoms with E-state index < -0.39 is 55.0 Å². The molecule has 0 amide bonds. The Morgan fingerprint density at radius 3 is 2.68 bits per heavy atom. The standard InChI is InChI=1S/C24H32FN4O7PS/c1-15(23(31)35-16-8-4-2-5-9-16)28-37(33,36-17-10-6-3-7-11-17)34-14-18-21(30)20(25)22(38-18)29-13-12-19(26)27-24(29)32/h3,6-7,10-13,15-16,18,20-22,30H,2,4-5,8-9,14H2,1H3,(H,28,33)(H2,26,27,32)/t15-,18?,20-,21+,22+,37?/m0/s1. The van der Waals surface area contributed by atoms with Crippen LogP contribution in [0, 0.1) is 0 Å². The van der Waals surface area contributed by atoms with Gasteiger partial charge in [-0.3, -0.25) is 13.9 Å². The topological polar surface area (TPSA) is 155 Å². The number of benzene rings is 1. The number of alkyl halides is 1. The highest BCUT2D eigenvalue weighted by molar-refractivity contribution is 8.00. The van der Waals surface area contributed by atoms with E-state index in [1.807, 2.05) is 0 Å². The Labute approximate surface area is 223 Å².